The molecule has 5 nitrogen and oxygen atoms in total. The molecule has 0 aromatic carbocycles. The van der Waals surface area contributed by atoms with E-state index in [0.29, 0.717) is 12.5 Å². The molecule has 1 aromatic rings. The molecule has 1 aromatic heterocycles. The minimum absolute atomic E-state index is 0.0394. The number of carbonyl (C=O) groups excluding carboxylic acids is 1. The summed E-state index contributed by atoms with van der Waals surface area (Å²) in [6.45, 7) is 4.46. The smallest absolute Gasteiger partial charge is 0.249 e. The average molecular weight is 307 g/mol. The molecule has 1 amide bonds. The molecule has 2 aliphatic heterocycles. The third kappa shape index (κ3) is 3.70. The van der Waals surface area contributed by atoms with Gasteiger partial charge in [0.15, 0.2) is 0 Å². The summed E-state index contributed by atoms with van der Waals surface area (Å²) in [5, 5.41) is 0. The van der Waals surface area contributed by atoms with E-state index in [1.54, 1.807) is 6.26 Å². The van der Waals surface area contributed by atoms with Gasteiger partial charge in [-0.05, 0) is 43.7 Å². The van der Waals surface area contributed by atoms with Gasteiger partial charge in [-0.3, -0.25) is 4.79 Å². The maximum atomic E-state index is 12.5. The van der Waals surface area contributed by atoms with Crippen LogP contribution in [0, 0.1) is 5.92 Å². The number of ether oxygens (including phenoxy) is 2. The van der Waals surface area contributed by atoms with Crippen LogP contribution in [0.1, 0.15) is 44.4 Å². The van der Waals surface area contributed by atoms with Crippen LogP contribution in [0.5, 0.6) is 0 Å². The summed E-state index contributed by atoms with van der Waals surface area (Å²) in [7, 11) is 0. The molecule has 3 atom stereocenters. The molecule has 122 valence electrons. The molecular weight excluding hydrogens is 282 g/mol. The van der Waals surface area contributed by atoms with E-state index in [0.717, 1.165) is 44.6 Å². The molecular formula is C17H25NO4. The van der Waals surface area contributed by atoms with E-state index >= 15 is 0 Å². The Kier molecular flexibility index (Phi) is 5.16. The SMILES string of the molecule is C[C@@H]1CCN(C(=O)COC[C@@H]2CCCO2)[C@@H](c2ccco2)C1. The Bertz CT molecular complexity index is 467. The maximum Gasteiger partial charge on any atom is 0.249 e. The first-order valence-corrected chi connectivity index (χ1v) is 8.26. The van der Waals surface area contributed by atoms with Crippen LogP contribution in [-0.4, -0.2) is 43.3 Å². The molecule has 0 unspecified atom stereocenters. The first-order chi connectivity index (χ1) is 10.7. The molecule has 22 heavy (non-hydrogen) atoms. The van der Waals surface area contributed by atoms with Crippen LogP contribution < -0.4 is 0 Å². The fourth-order valence-corrected chi connectivity index (χ4v) is 3.33. The minimum atomic E-state index is 0.0394. The molecule has 2 aliphatic rings. The highest BCUT2D eigenvalue weighted by Crippen LogP contribution is 2.34. The van der Waals surface area contributed by atoms with Gasteiger partial charge in [-0.25, -0.2) is 0 Å². The van der Waals surface area contributed by atoms with Gasteiger partial charge in [0, 0.05) is 13.2 Å². The lowest BCUT2D eigenvalue weighted by Gasteiger charge is -2.37. The molecule has 2 fully saturated rings. The van der Waals surface area contributed by atoms with Crippen molar-refractivity contribution in [1.82, 2.24) is 4.90 Å². The molecule has 3 heterocycles. The topological polar surface area (TPSA) is 51.9 Å². The van der Waals surface area contributed by atoms with E-state index in [1.807, 2.05) is 17.0 Å². The van der Waals surface area contributed by atoms with Gasteiger partial charge in [0.1, 0.15) is 12.4 Å². The van der Waals surface area contributed by atoms with Gasteiger partial charge in [0.25, 0.3) is 0 Å². The predicted molar refractivity (Wildman–Crippen MR) is 81.4 cm³/mol. The van der Waals surface area contributed by atoms with Crippen LogP contribution in [0.25, 0.3) is 0 Å². The van der Waals surface area contributed by atoms with Crippen LogP contribution >= 0.6 is 0 Å². The van der Waals surface area contributed by atoms with Crippen molar-refractivity contribution >= 4 is 5.91 Å². The maximum absolute atomic E-state index is 12.5. The second kappa shape index (κ2) is 7.29. The Morgan fingerprint density at radius 3 is 3.09 bits per heavy atom. The van der Waals surface area contributed by atoms with Crippen LogP contribution in [0.3, 0.4) is 0 Å². The molecule has 3 rings (SSSR count). The Hall–Kier alpha value is -1.33. The minimum Gasteiger partial charge on any atom is -0.467 e. The normalized spacial score (nSPS) is 29.0. The van der Waals surface area contributed by atoms with Crippen molar-refractivity contribution < 1.29 is 18.7 Å². The number of amides is 1. The third-order valence-corrected chi connectivity index (χ3v) is 4.61. The van der Waals surface area contributed by atoms with Crippen molar-refractivity contribution in [1.29, 1.82) is 0 Å². The molecule has 0 spiro atoms. The number of furan rings is 1. The van der Waals surface area contributed by atoms with Gasteiger partial charge in [-0.2, -0.15) is 0 Å². The fraction of sp³-hybridized carbons (Fsp3) is 0.706. The van der Waals surface area contributed by atoms with Gasteiger partial charge < -0.3 is 18.8 Å². The Balaban J connectivity index is 1.54. The standard InChI is InChI=1S/C17H25NO4/c1-13-6-7-18(15(10-13)16-5-3-9-22-16)17(19)12-20-11-14-4-2-8-21-14/h3,5,9,13-15H,2,4,6-8,10-12H2,1H3/t13-,14+,15-/m1/s1. The summed E-state index contributed by atoms with van der Waals surface area (Å²) in [5.41, 5.74) is 0. The van der Waals surface area contributed by atoms with E-state index < -0.39 is 0 Å². The quantitative estimate of drug-likeness (QED) is 0.839. The van der Waals surface area contributed by atoms with Gasteiger partial charge in [0.2, 0.25) is 5.91 Å². The highest BCUT2D eigenvalue weighted by molar-refractivity contribution is 5.78. The van der Waals surface area contributed by atoms with E-state index in [2.05, 4.69) is 6.92 Å². The Morgan fingerprint density at radius 1 is 1.45 bits per heavy atom. The average Bonchev–Trinajstić information content (AvgIpc) is 3.20. The summed E-state index contributed by atoms with van der Waals surface area (Å²) >= 11 is 0. The Labute approximate surface area is 131 Å². The van der Waals surface area contributed by atoms with Crippen molar-refractivity contribution in [3.8, 4) is 0 Å². The number of carbonyl (C=O) groups is 1. The molecule has 5 heteroatoms. The van der Waals surface area contributed by atoms with Crippen molar-refractivity contribution in [2.24, 2.45) is 5.92 Å². The molecule has 2 saturated heterocycles. The Morgan fingerprint density at radius 2 is 2.36 bits per heavy atom. The van der Waals surface area contributed by atoms with Gasteiger partial charge in [-0.15, -0.1) is 0 Å². The van der Waals surface area contributed by atoms with Crippen LogP contribution in [-0.2, 0) is 14.3 Å². The number of likely N-dealkylation sites (tertiary alicyclic amines) is 1. The van der Waals surface area contributed by atoms with Gasteiger partial charge in [0.05, 0.1) is 25.0 Å². The van der Waals surface area contributed by atoms with Crippen LogP contribution in [0.15, 0.2) is 22.8 Å². The van der Waals surface area contributed by atoms with E-state index in [-0.39, 0.29) is 24.7 Å². The summed E-state index contributed by atoms with van der Waals surface area (Å²) < 4.78 is 16.6. The van der Waals surface area contributed by atoms with E-state index in [1.165, 1.54) is 0 Å². The molecule has 0 radical (unpaired) electrons. The zero-order valence-corrected chi connectivity index (χ0v) is 13.2. The zero-order chi connectivity index (χ0) is 15.4. The summed E-state index contributed by atoms with van der Waals surface area (Å²) in [6.07, 6.45) is 5.94. The van der Waals surface area contributed by atoms with Crippen molar-refractivity contribution in [3.63, 3.8) is 0 Å². The summed E-state index contributed by atoms with van der Waals surface area (Å²) in [6, 6.07) is 3.87. The lowest BCUT2D eigenvalue weighted by molar-refractivity contribution is -0.142. The zero-order valence-electron chi connectivity index (χ0n) is 13.2. The molecule has 0 bridgehead atoms. The highest BCUT2D eigenvalue weighted by atomic mass is 16.5. The van der Waals surface area contributed by atoms with Crippen LogP contribution in [0.4, 0.5) is 0 Å². The summed E-state index contributed by atoms with van der Waals surface area (Å²) in [4.78, 5) is 14.4. The van der Waals surface area contributed by atoms with Gasteiger partial charge in [-0.1, -0.05) is 6.92 Å². The monoisotopic (exact) mass is 307 g/mol. The van der Waals surface area contributed by atoms with Crippen LogP contribution in [0.2, 0.25) is 0 Å². The first kappa shape index (κ1) is 15.6. The number of piperidine rings is 1. The summed E-state index contributed by atoms with van der Waals surface area (Å²) in [5.74, 6) is 1.53. The number of rotatable bonds is 5. The second-order valence-electron chi connectivity index (χ2n) is 6.40. The first-order valence-electron chi connectivity index (χ1n) is 8.26. The van der Waals surface area contributed by atoms with Crippen molar-refractivity contribution in [2.45, 2.75) is 44.8 Å². The van der Waals surface area contributed by atoms with Crippen molar-refractivity contribution in [2.75, 3.05) is 26.4 Å². The molecule has 0 N–H and O–H groups in total. The third-order valence-electron chi connectivity index (χ3n) is 4.61. The fourth-order valence-electron chi connectivity index (χ4n) is 3.33. The molecule has 0 aliphatic carbocycles. The number of nitrogens with zero attached hydrogens (tertiary/aromatic N) is 1. The van der Waals surface area contributed by atoms with E-state index in [9.17, 15) is 4.79 Å². The van der Waals surface area contributed by atoms with E-state index in [4.69, 9.17) is 13.9 Å². The lowest BCUT2D eigenvalue weighted by atomic mass is 9.91. The predicted octanol–water partition coefficient (Wildman–Crippen LogP) is 2.77. The molecule has 0 saturated carbocycles. The number of hydrogen-bond donors (Lipinski definition) is 0. The largest absolute Gasteiger partial charge is 0.467 e. The second-order valence-corrected chi connectivity index (χ2v) is 6.40. The highest BCUT2D eigenvalue weighted by Gasteiger charge is 2.32. The lowest BCUT2D eigenvalue weighted by Crippen LogP contribution is -2.42. The van der Waals surface area contributed by atoms with Crippen molar-refractivity contribution in [3.05, 3.63) is 24.2 Å². The number of hydrogen-bond acceptors (Lipinski definition) is 4. The van der Waals surface area contributed by atoms with Gasteiger partial charge >= 0.3 is 0 Å².